The lowest BCUT2D eigenvalue weighted by atomic mass is 10.1. The number of nitrogens with zero attached hydrogens (tertiary/aromatic N) is 1. The van der Waals surface area contributed by atoms with Crippen molar-refractivity contribution in [1.29, 1.82) is 0 Å². The van der Waals surface area contributed by atoms with E-state index in [1.807, 2.05) is 0 Å². The highest BCUT2D eigenvalue weighted by Crippen LogP contribution is 2.24. The molecule has 0 radical (unpaired) electrons. The van der Waals surface area contributed by atoms with Crippen LogP contribution < -0.4 is 5.32 Å². The van der Waals surface area contributed by atoms with Crippen LogP contribution in [0.25, 0.3) is 0 Å². The topological polar surface area (TPSA) is 49.4 Å². The van der Waals surface area contributed by atoms with Gasteiger partial charge in [-0.15, -0.1) is 0 Å². The summed E-state index contributed by atoms with van der Waals surface area (Å²) in [6.07, 6.45) is 4.92. The van der Waals surface area contributed by atoms with Crippen LogP contribution in [0.15, 0.2) is 0 Å². The minimum Gasteiger partial charge on any atom is -0.315 e. The minimum absolute atomic E-state index is 0.272. The van der Waals surface area contributed by atoms with E-state index in [9.17, 15) is 8.42 Å². The summed E-state index contributed by atoms with van der Waals surface area (Å²) in [5, 5.41) is 3.15. The van der Waals surface area contributed by atoms with Crippen molar-refractivity contribution < 1.29 is 8.42 Å². The van der Waals surface area contributed by atoms with E-state index in [1.54, 1.807) is 11.8 Å². The summed E-state index contributed by atoms with van der Waals surface area (Å²) in [4.78, 5) is 2.23. The van der Waals surface area contributed by atoms with E-state index in [1.165, 1.54) is 19.1 Å². The van der Waals surface area contributed by atoms with Crippen LogP contribution in [0.3, 0.4) is 0 Å². The Labute approximate surface area is 108 Å². The molecular formula is C11H22N2O2S2. The molecule has 2 heterocycles. The summed E-state index contributed by atoms with van der Waals surface area (Å²) in [6, 6.07) is 0.401. The number of hydrogen-bond donors (Lipinski definition) is 1. The molecule has 2 saturated heterocycles. The summed E-state index contributed by atoms with van der Waals surface area (Å²) >= 11 is 1.76. The summed E-state index contributed by atoms with van der Waals surface area (Å²) in [7, 11) is -2.96. The first-order chi connectivity index (χ1) is 8.09. The van der Waals surface area contributed by atoms with Gasteiger partial charge in [0.25, 0.3) is 0 Å². The maximum atomic E-state index is 11.8. The highest BCUT2D eigenvalue weighted by Gasteiger charge is 2.35. The van der Waals surface area contributed by atoms with Gasteiger partial charge in [0.15, 0.2) is 9.84 Å². The van der Waals surface area contributed by atoms with Gasteiger partial charge in [0.2, 0.25) is 0 Å². The van der Waals surface area contributed by atoms with E-state index in [-0.39, 0.29) is 5.37 Å². The molecule has 0 amide bonds. The molecule has 2 atom stereocenters. The second-order valence-corrected chi connectivity index (χ2v) is 8.30. The molecule has 100 valence electrons. The predicted molar refractivity (Wildman–Crippen MR) is 73.2 cm³/mol. The first kappa shape index (κ1) is 13.6. The molecule has 2 rings (SSSR count). The zero-order chi connectivity index (χ0) is 12.3. The molecule has 4 nitrogen and oxygen atoms in total. The Morgan fingerprint density at radius 1 is 1.35 bits per heavy atom. The highest BCUT2D eigenvalue weighted by atomic mass is 32.2. The van der Waals surface area contributed by atoms with Crippen LogP contribution in [0.1, 0.15) is 19.3 Å². The van der Waals surface area contributed by atoms with E-state index in [4.69, 9.17) is 0 Å². The third-order valence-corrected chi connectivity index (χ3v) is 6.27. The number of thioether (sulfide) groups is 1. The third-order valence-electron chi connectivity index (χ3n) is 3.61. The number of sulfone groups is 1. The van der Waals surface area contributed by atoms with Crippen molar-refractivity contribution in [3.63, 3.8) is 0 Å². The quantitative estimate of drug-likeness (QED) is 0.799. The number of nitrogens with one attached hydrogen (secondary N) is 1. The number of rotatable bonds is 2. The molecule has 0 saturated carbocycles. The Balaban J connectivity index is 2.09. The fourth-order valence-electron chi connectivity index (χ4n) is 2.66. The lowest BCUT2D eigenvalue weighted by Gasteiger charge is -2.39. The lowest BCUT2D eigenvalue weighted by molar-refractivity contribution is 0.183. The lowest BCUT2D eigenvalue weighted by Crippen LogP contribution is -2.54. The van der Waals surface area contributed by atoms with Crippen molar-refractivity contribution in [2.75, 3.05) is 37.4 Å². The van der Waals surface area contributed by atoms with Gasteiger partial charge in [0, 0.05) is 36.9 Å². The SMILES string of the molecule is CS(=O)(=O)C1CSCCN1C1CCCCNC1. The minimum atomic E-state index is -2.96. The Kier molecular flexibility index (Phi) is 4.74. The Morgan fingerprint density at radius 2 is 2.18 bits per heavy atom. The van der Waals surface area contributed by atoms with Crippen LogP contribution in [-0.4, -0.2) is 62.1 Å². The van der Waals surface area contributed by atoms with Crippen LogP contribution in [0.4, 0.5) is 0 Å². The van der Waals surface area contributed by atoms with Gasteiger partial charge in [0.1, 0.15) is 5.37 Å². The zero-order valence-electron chi connectivity index (χ0n) is 10.4. The maximum absolute atomic E-state index is 11.8. The second-order valence-electron chi connectivity index (χ2n) is 4.95. The summed E-state index contributed by atoms with van der Waals surface area (Å²) < 4.78 is 23.7. The van der Waals surface area contributed by atoms with Gasteiger partial charge in [-0.2, -0.15) is 11.8 Å². The van der Waals surface area contributed by atoms with Gasteiger partial charge in [-0.05, 0) is 19.4 Å². The first-order valence-corrected chi connectivity index (χ1v) is 9.43. The highest BCUT2D eigenvalue weighted by molar-refractivity contribution is 8.00. The standard InChI is InChI=1S/C11H22N2O2S2/c1-17(14,15)11-9-16-7-6-13(11)10-4-2-3-5-12-8-10/h10-12H,2-9H2,1H3. The molecule has 1 N–H and O–H groups in total. The van der Waals surface area contributed by atoms with E-state index >= 15 is 0 Å². The molecule has 0 bridgehead atoms. The van der Waals surface area contributed by atoms with Crippen molar-refractivity contribution in [2.24, 2.45) is 0 Å². The van der Waals surface area contributed by atoms with Crippen molar-refractivity contribution in [3.05, 3.63) is 0 Å². The average Bonchev–Trinajstić information content (AvgIpc) is 2.56. The van der Waals surface area contributed by atoms with Gasteiger partial charge in [-0.1, -0.05) is 6.42 Å². The Hall–Kier alpha value is 0.220. The van der Waals surface area contributed by atoms with Crippen molar-refractivity contribution in [1.82, 2.24) is 10.2 Å². The Morgan fingerprint density at radius 3 is 2.94 bits per heavy atom. The van der Waals surface area contributed by atoms with Gasteiger partial charge < -0.3 is 5.32 Å². The second kappa shape index (κ2) is 5.91. The van der Waals surface area contributed by atoms with Crippen LogP contribution in [0, 0.1) is 0 Å². The van der Waals surface area contributed by atoms with Crippen LogP contribution in [0.2, 0.25) is 0 Å². The molecule has 0 spiro atoms. The van der Waals surface area contributed by atoms with Crippen molar-refractivity contribution in [2.45, 2.75) is 30.7 Å². The molecular weight excluding hydrogens is 256 g/mol. The molecule has 2 aliphatic rings. The van der Waals surface area contributed by atoms with E-state index < -0.39 is 9.84 Å². The fourth-order valence-corrected chi connectivity index (χ4v) is 5.61. The molecule has 2 aliphatic heterocycles. The normalized spacial score (nSPS) is 33.2. The molecule has 2 fully saturated rings. The van der Waals surface area contributed by atoms with E-state index in [2.05, 4.69) is 10.2 Å². The Bertz CT molecular complexity index is 337. The average molecular weight is 278 g/mol. The fraction of sp³-hybridized carbons (Fsp3) is 1.00. The van der Waals surface area contributed by atoms with Crippen LogP contribution in [0.5, 0.6) is 0 Å². The molecule has 0 aromatic rings. The van der Waals surface area contributed by atoms with E-state index in [0.29, 0.717) is 6.04 Å². The van der Waals surface area contributed by atoms with Crippen LogP contribution in [-0.2, 0) is 9.84 Å². The molecule has 0 aromatic heterocycles. The number of hydrogen-bond acceptors (Lipinski definition) is 5. The first-order valence-electron chi connectivity index (χ1n) is 6.32. The summed E-state index contributed by atoms with van der Waals surface area (Å²) in [6.45, 7) is 2.92. The van der Waals surface area contributed by atoms with Gasteiger partial charge in [-0.3, -0.25) is 4.90 Å². The molecule has 0 aliphatic carbocycles. The van der Waals surface area contributed by atoms with Gasteiger partial charge >= 0.3 is 0 Å². The third kappa shape index (κ3) is 3.59. The summed E-state index contributed by atoms with van der Waals surface area (Å²) in [5.41, 5.74) is 0. The molecule has 2 unspecified atom stereocenters. The largest absolute Gasteiger partial charge is 0.315 e. The monoisotopic (exact) mass is 278 g/mol. The molecule has 6 heteroatoms. The van der Waals surface area contributed by atoms with E-state index in [0.717, 1.165) is 37.6 Å². The summed E-state index contributed by atoms with van der Waals surface area (Å²) in [5.74, 6) is 1.79. The maximum Gasteiger partial charge on any atom is 0.164 e. The van der Waals surface area contributed by atoms with Crippen LogP contribution >= 0.6 is 11.8 Å². The zero-order valence-corrected chi connectivity index (χ0v) is 12.0. The molecule has 0 aromatic carbocycles. The van der Waals surface area contributed by atoms with Gasteiger partial charge in [-0.25, -0.2) is 8.42 Å². The molecule has 17 heavy (non-hydrogen) atoms. The van der Waals surface area contributed by atoms with Crippen molar-refractivity contribution in [3.8, 4) is 0 Å². The van der Waals surface area contributed by atoms with Crippen molar-refractivity contribution >= 4 is 21.6 Å². The predicted octanol–water partition coefficient (Wildman–Crippen LogP) is 0.548. The van der Waals surface area contributed by atoms with Gasteiger partial charge in [0.05, 0.1) is 0 Å². The smallest absolute Gasteiger partial charge is 0.164 e.